The molecule has 146 valence electrons. The zero-order valence-electron chi connectivity index (χ0n) is 15.9. The Morgan fingerprint density at radius 3 is 2.35 bits per heavy atom. The molecule has 0 unspecified atom stereocenters. The Bertz CT molecular complexity index is 648. The fraction of sp³-hybridized carbons (Fsp3) is 0.700. The molecule has 0 N–H and O–H groups in total. The standard InChI is InChI=1S/C20H32N2O3S/c1-2-18-6-8-20(9-7-18)26(23,24)22(19-10-16-25-17-11-19)15-14-21-12-4-3-5-13-21/h6-9,19H,2-5,10-17H2,1H3. The highest BCUT2D eigenvalue weighted by atomic mass is 32.2. The third-order valence-corrected chi connectivity index (χ3v) is 7.59. The van der Waals surface area contributed by atoms with Gasteiger partial charge in [0.25, 0.3) is 0 Å². The molecule has 2 fully saturated rings. The number of aryl methyl sites for hydroxylation is 1. The van der Waals surface area contributed by atoms with Gasteiger partial charge in [0.2, 0.25) is 10.0 Å². The quantitative estimate of drug-likeness (QED) is 0.730. The zero-order chi connectivity index (χ0) is 18.4. The Hall–Kier alpha value is -0.950. The third kappa shape index (κ3) is 4.85. The first-order chi connectivity index (χ1) is 12.6. The summed E-state index contributed by atoms with van der Waals surface area (Å²) in [5.41, 5.74) is 1.16. The van der Waals surface area contributed by atoms with E-state index in [-0.39, 0.29) is 6.04 Å². The van der Waals surface area contributed by atoms with E-state index in [1.165, 1.54) is 19.3 Å². The second kappa shape index (κ2) is 9.31. The Morgan fingerprint density at radius 2 is 1.73 bits per heavy atom. The van der Waals surface area contributed by atoms with E-state index in [1.807, 2.05) is 12.1 Å². The summed E-state index contributed by atoms with van der Waals surface area (Å²) in [4.78, 5) is 2.82. The average Bonchev–Trinajstić information content (AvgIpc) is 2.69. The summed E-state index contributed by atoms with van der Waals surface area (Å²) in [7, 11) is -3.48. The molecule has 26 heavy (non-hydrogen) atoms. The van der Waals surface area contributed by atoms with Crippen molar-refractivity contribution in [3.05, 3.63) is 29.8 Å². The largest absolute Gasteiger partial charge is 0.381 e. The van der Waals surface area contributed by atoms with Crippen LogP contribution in [0.3, 0.4) is 0 Å². The first-order valence-electron chi connectivity index (χ1n) is 10.0. The van der Waals surface area contributed by atoms with Crippen molar-refractivity contribution in [1.29, 1.82) is 0 Å². The fourth-order valence-electron chi connectivity index (χ4n) is 3.93. The highest BCUT2D eigenvalue weighted by molar-refractivity contribution is 7.89. The third-order valence-electron chi connectivity index (χ3n) is 5.62. The lowest BCUT2D eigenvalue weighted by Crippen LogP contribution is -2.47. The van der Waals surface area contributed by atoms with Crippen LogP contribution >= 0.6 is 0 Å². The van der Waals surface area contributed by atoms with E-state index in [1.54, 1.807) is 16.4 Å². The maximum Gasteiger partial charge on any atom is 0.243 e. The van der Waals surface area contributed by atoms with Gasteiger partial charge in [0.1, 0.15) is 0 Å². The number of sulfonamides is 1. The van der Waals surface area contributed by atoms with Gasteiger partial charge in [-0.2, -0.15) is 4.31 Å². The number of ether oxygens (including phenoxy) is 1. The number of hydrogen-bond donors (Lipinski definition) is 0. The smallest absolute Gasteiger partial charge is 0.243 e. The van der Waals surface area contributed by atoms with Crippen molar-refractivity contribution >= 4 is 10.0 Å². The molecule has 0 spiro atoms. The molecule has 3 rings (SSSR count). The van der Waals surface area contributed by atoms with Crippen molar-refractivity contribution < 1.29 is 13.2 Å². The second-order valence-electron chi connectivity index (χ2n) is 7.36. The van der Waals surface area contributed by atoms with Gasteiger partial charge in [-0.15, -0.1) is 0 Å². The monoisotopic (exact) mass is 380 g/mol. The van der Waals surface area contributed by atoms with Crippen LogP contribution in [-0.4, -0.2) is 63.1 Å². The van der Waals surface area contributed by atoms with E-state index < -0.39 is 10.0 Å². The van der Waals surface area contributed by atoms with Crippen molar-refractivity contribution in [2.45, 2.75) is 56.4 Å². The van der Waals surface area contributed by atoms with E-state index in [4.69, 9.17) is 4.74 Å². The second-order valence-corrected chi connectivity index (χ2v) is 9.25. The summed E-state index contributed by atoms with van der Waals surface area (Å²) in [6, 6.07) is 7.44. The van der Waals surface area contributed by atoms with E-state index in [9.17, 15) is 8.42 Å². The van der Waals surface area contributed by atoms with Crippen LogP contribution in [0.25, 0.3) is 0 Å². The van der Waals surface area contributed by atoms with Crippen LogP contribution in [0.5, 0.6) is 0 Å². The molecule has 1 aromatic carbocycles. The van der Waals surface area contributed by atoms with Gasteiger partial charge in [-0.3, -0.25) is 0 Å². The number of rotatable bonds is 7. The molecular weight excluding hydrogens is 348 g/mol. The Labute approximate surface area is 158 Å². The molecule has 2 saturated heterocycles. The molecule has 0 saturated carbocycles. The fourth-order valence-corrected chi connectivity index (χ4v) is 5.60. The van der Waals surface area contributed by atoms with Crippen molar-refractivity contribution in [3.63, 3.8) is 0 Å². The van der Waals surface area contributed by atoms with Crippen LogP contribution in [0.4, 0.5) is 0 Å². The predicted octanol–water partition coefficient (Wildman–Crippen LogP) is 2.90. The molecule has 6 heteroatoms. The van der Waals surface area contributed by atoms with Crippen LogP contribution in [0.1, 0.15) is 44.6 Å². The lowest BCUT2D eigenvalue weighted by molar-refractivity contribution is 0.0557. The maximum atomic E-state index is 13.4. The molecule has 0 radical (unpaired) electrons. The van der Waals surface area contributed by atoms with Gasteiger partial charge in [0.15, 0.2) is 0 Å². The van der Waals surface area contributed by atoms with Gasteiger partial charge in [0, 0.05) is 32.3 Å². The van der Waals surface area contributed by atoms with Gasteiger partial charge in [-0.05, 0) is 62.9 Å². The van der Waals surface area contributed by atoms with Crippen molar-refractivity contribution in [1.82, 2.24) is 9.21 Å². The van der Waals surface area contributed by atoms with Crippen LogP contribution < -0.4 is 0 Å². The minimum Gasteiger partial charge on any atom is -0.381 e. The molecule has 0 atom stereocenters. The van der Waals surface area contributed by atoms with E-state index in [2.05, 4.69) is 11.8 Å². The number of piperidine rings is 1. The molecular formula is C20H32N2O3S. The normalized spacial score (nSPS) is 20.5. The summed E-state index contributed by atoms with van der Waals surface area (Å²) in [5.74, 6) is 0. The minimum atomic E-state index is -3.48. The summed E-state index contributed by atoms with van der Waals surface area (Å²) in [5, 5.41) is 0. The van der Waals surface area contributed by atoms with Crippen molar-refractivity contribution in [2.24, 2.45) is 0 Å². The van der Waals surface area contributed by atoms with Crippen molar-refractivity contribution in [2.75, 3.05) is 39.4 Å². The first-order valence-corrected chi connectivity index (χ1v) is 11.5. The van der Waals surface area contributed by atoms with E-state index in [0.29, 0.717) is 24.7 Å². The lowest BCUT2D eigenvalue weighted by atomic mass is 10.1. The van der Waals surface area contributed by atoms with Crippen molar-refractivity contribution in [3.8, 4) is 0 Å². The molecule has 0 aromatic heterocycles. The SMILES string of the molecule is CCc1ccc(S(=O)(=O)N(CCN2CCCCC2)C2CCOCC2)cc1. The molecule has 2 aliphatic rings. The van der Waals surface area contributed by atoms with E-state index in [0.717, 1.165) is 44.5 Å². The number of nitrogens with zero attached hydrogens (tertiary/aromatic N) is 2. The number of benzene rings is 1. The average molecular weight is 381 g/mol. The molecule has 1 aromatic rings. The summed E-state index contributed by atoms with van der Waals surface area (Å²) in [6.45, 7) is 6.95. The van der Waals surface area contributed by atoms with Crippen LogP contribution in [0, 0.1) is 0 Å². The van der Waals surface area contributed by atoms with Gasteiger partial charge in [-0.25, -0.2) is 8.42 Å². The Balaban J connectivity index is 1.77. The van der Waals surface area contributed by atoms with E-state index >= 15 is 0 Å². The summed E-state index contributed by atoms with van der Waals surface area (Å²) >= 11 is 0. The van der Waals surface area contributed by atoms with Crippen LogP contribution in [0.2, 0.25) is 0 Å². The Kier molecular flexibility index (Phi) is 7.09. The van der Waals surface area contributed by atoms with Gasteiger partial charge < -0.3 is 9.64 Å². The van der Waals surface area contributed by atoms with Gasteiger partial charge in [0.05, 0.1) is 4.90 Å². The van der Waals surface area contributed by atoms with Crippen LogP contribution in [-0.2, 0) is 21.2 Å². The maximum absolute atomic E-state index is 13.4. The van der Waals surface area contributed by atoms with Crippen LogP contribution in [0.15, 0.2) is 29.2 Å². The van der Waals surface area contributed by atoms with Gasteiger partial charge in [-0.1, -0.05) is 25.5 Å². The molecule has 2 aliphatic heterocycles. The zero-order valence-corrected chi connectivity index (χ0v) is 16.7. The number of hydrogen-bond acceptors (Lipinski definition) is 4. The lowest BCUT2D eigenvalue weighted by Gasteiger charge is -2.35. The molecule has 0 amide bonds. The molecule has 5 nitrogen and oxygen atoms in total. The highest BCUT2D eigenvalue weighted by Gasteiger charge is 2.32. The highest BCUT2D eigenvalue weighted by Crippen LogP contribution is 2.24. The number of likely N-dealkylation sites (tertiary alicyclic amines) is 1. The molecule has 0 bridgehead atoms. The van der Waals surface area contributed by atoms with Gasteiger partial charge >= 0.3 is 0 Å². The molecule has 2 heterocycles. The minimum absolute atomic E-state index is 0.0457. The topological polar surface area (TPSA) is 49.9 Å². The summed E-state index contributed by atoms with van der Waals surface area (Å²) < 4.78 is 34.0. The Morgan fingerprint density at radius 1 is 1.08 bits per heavy atom. The first kappa shape index (κ1) is 19.8. The molecule has 0 aliphatic carbocycles. The predicted molar refractivity (Wildman–Crippen MR) is 104 cm³/mol. The summed E-state index contributed by atoms with van der Waals surface area (Å²) in [6.07, 6.45) is 6.23.